The van der Waals surface area contributed by atoms with Crippen LogP contribution in [0, 0.1) is 28.6 Å². The van der Waals surface area contributed by atoms with Crippen LogP contribution in [0.5, 0.6) is 0 Å². The van der Waals surface area contributed by atoms with E-state index in [4.69, 9.17) is 28.4 Å². The van der Waals surface area contributed by atoms with Crippen molar-refractivity contribution in [2.75, 3.05) is 12.3 Å². The fourth-order valence-corrected chi connectivity index (χ4v) is 15.4. The van der Waals surface area contributed by atoms with Crippen LogP contribution in [0.2, 0.25) is 0 Å². The Morgan fingerprint density at radius 3 is 1.21 bits per heavy atom. The van der Waals surface area contributed by atoms with Gasteiger partial charge >= 0.3 is 0 Å². The Hall–Kier alpha value is 0.620. The van der Waals surface area contributed by atoms with E-state index >= 15 is 0 Å². The van der Waals surface area contributed by atoms with Crippen molar-refractivity contribution in [1.82, 2.24) is 0 Å². The second kappa shape index (κ2) is 7.21. The van der Waals surface area contributed by atoms with Gasteiger partial charge in [-0.15, -0.1) is 18.5 Å². The largest absolute Gasteiger partial charge is 0.343 e. The average Bonchev–Trinajstić information content (AvgIpc) is 3.04. The van der Waals surface area contributed by atoms with E-state index in [-0.39, 0.29) is 33.2 Å². The Labute approximate surface area is 234 Å². The normalized spacial score (nSPS) is 68.1. The predicted octanol–water partition coefficient (Wildman–Crippen LogP) is 6.01. The van der Waals surface area contributed by atoms with E-state index in [0.29, 0.717) is 17.8 Å². The van der Waals surface area contributed by atoms with Crippen molar-refractivity contribution in [2.24, 2.45) is 28.6 Å². The molecule has 0 amide bonds. The lowest BCUT2D eigenvalue weighted by Crippen LogP contribution is -2.86. The Morgan fingerprint density at radius 1 is 0.526 bits per heavy atom. The second-order valence-corrected chi connectivity index (χ2v) is 16.6. The summed E-state index contributed by atoms with van der Waals surface area (Å²) in [6, 6.07) is 0. The first kappa shape index (κ1) is 27.5. The minimum Gasteiger partial charge on any atom is -0.343 e. The molecule has 0 aromatic rings. The lowest BCUT2D eigenvalue weighted by molar-refractivity contribution is -0.560. The topological polar surface area (TPSA) is 55.4 Å². The standard InChI is InChI=1S/C30H50O6P2/c1-18-10-11-19(29(16-37)21(2)12-25(6)32-22(29,3)13-26(7,31-21)35-25)20(18)30(17-38)23(4)14-27(8)34-24(30,5)15-28(9,33-23)36-27/h18-20H,10-17,37-38H2,1-9H3/t18?,19-,20+,21?,22?,23?,24?,25?,26?,27?,28?,29?,30?/m0/s1. The van der Waals surface area contributed by atoms with Gasteiger partial charge in [-0.2, -0.15) is 0 Å². The van der Waals surface area contributed by atoms with Gasteiger partial charge in [-0.05, 0) is 91.9 Å². The third kappa shape index (κ3) is 2.85. The summed E-state index contributed by atoms with van der Waals surface area (Å²) in [7, 11) is 6.31. The van der Waals surface area contributed by atoms with Crippen molar-refractivity contribution in [3.05, 3.63) is 0 Å². The highest BCUT2D eigenvalue weighted by Gasteiger charge is 2.84. The molecule has 8 heterocycles. The highest BCUT2D eigenvalue weighted by atomic mass is 31.0. The maximum atomic E-state index is 7.10. The number of ether oxygens (including phenoxy) is 6. The van der Waals surface area contributed by atoms with Crippen LogP contribution in [0.4, 0.5) is 0 Å². The molecule has 8 aliphatic heterocycles. The highest BCUT2D eigenvalue weighted by molar-refractivity contribution is 7.16. The van der Waals surface area contributed by atoms with Gasteiger partial charge in [0.2, 0.25) is 0 Å². The molecular weight excluding hydrogens is 518 g/mol. The van der Waals surface area contributed by atoms with Crippen molar-refractivity contribution in [1.29, 1.82) is 0 Å². The summed E-state index contributed by atoms with van der Waals surface area (Å²) in [5, 5.41) is 0. The number of hydrogen-bond donors (Lipinski definition) is 0. The summed E-state index contributed by atoms with van der Waals surface area (Å²) in [5.74, 6) is -1.20. The Bertz CT molecular complexity index is 989. The van der Waals surface area contributed by atoms with Crippen LogP contribution < -0.4 is 0 Å². The monoisotopic (exact) mass is 568 g/mol. The summed E-state index contributed by atoms with van der Waals surface area (Å²) in [6.07, 6.45) is 7.20. The van der Waals surface area contributed by atoms with Crippen molar-refractivity contribution in [2.45, 2.75) is 146 Å². The first-order valence-electron chi connectivity index (χ1n) is 14.9. The number of hydrogen-bond acceptors (Lipinski definition) is 6. The summed E-state index contributed by atoms with van der Waals surface area (Å²) in [6.45, 7) is 20.5. The molecule has 6 nitrogen and oxygen atoms in total. The van der Waals surface area contributed by atoms with Gasteiger partial charge in [-0.1, -0.05) is 13.3 Å². The molecule has 216 valence electrons. The molecule has 0 radical (unpaired) electrons. The molecule has 0 aromatic carbocycles. The molecule has 0 spiro atoms. The van der Waals surface area contributed by atoms with Gasteiger partial charge in [-0.25, -0.2) is 0 Å². The summed E-state index contributed by atoms with van der Waals surface area (Å²) in [5.41, 5.74) is -1.88. The molecule has 8 saturated heterocycles. The third-order valence-electron chi connectivity index (χ3n) is 12.9. The lowest BCUT2D eigenvalue weighted by Gasteiger charge is -2.79. The summed E-state index contributed by atoms with van der Waals surface area (Å²) < 4.78 is 41.3. The Morgan fingerprint density at radius 2 is 0.868 bits per heavy atom. The molecule has 1 saturated carbocycles. The molecule has 1 aliphatic carbocycles. The van der Waals surface area contributed by atoms with Crippen LogP contribution in [-0.4, -0.2) is 57.9 Å². The zero-order valence-electron chi connectivity index (χ0n) is 25.0. The van der Waals surface area contributed by atoms with Crippen LogP contribution in [0.3, 0.4) is 0 Å². The van der Waals surface area contributed by atoms with E-state index in [2.05, 4.69) is 80.8 Å². The quantitative estimate of drug-likeness (QED) is 0.387. The fourth-order valence-electron chi connectivity index (χ4n) is 13.1. The maximum absolute atomic E-state index is 7.10. The Kier molecular flexibility index (Phi) is 5.21. The summed E-state index contributed by atoms with van der Waals surface area (Å²) in [4.78, 5) is 0. The maximum Gasteiger partial charge on any atom is 0.172 e. The van der Waals surface area contributed by atoms with Gasteiger partial charge in [0, 0.05) is 36.5 Å². The Balaban J connectivity index is 1.42. The van der Waals surface area contributed by atoms with Crippen LogP contribution in [0.1, 0.15) is 101 Å². The van der Waals surface area contributed by atoms with Gasteiger partial charge in [0.1, 0.15) is 0 Å². The molecule has 0 aromatic heterocycles. The van der Waals surface area contributed by atoms with Crippen molar-refractivity contribution in [3.8, 4) is 0 Å². The molecule has 38 heavy (non-hydrogen) atoms. The molecule has 13 atom stereocenters. The van der Waals surface area contributed by atoms with Crippen LogP contribution >= 0.6 is 18.5 Å². The zero-order valence-corrected chi connectivity index (χ0v) is 27.3. The van der Waals surface area contributed by atoms with E-state index in [1.807, 2.05) is 0 Å². The predicted molar refractivity (Wildman–Crippen MR) is 152 cm³/mol. The van der Waals surface area contributed by atoms with Gasteiger partial charge in [0.25, 0.3) is 0 Å². The minimum atomic E-state index is -0.624. The van der Waals surface area contributed by atoms with Gasteiger partial charge in [0.15, 0.2) is 23.1 Å². The molecule has 9 aliphatic rings. The summed E-state index contributed by atoms with van der Waals surface area (Å²) >= 11 is 0. The zero-order chi connectivity index (χ0) is 27.6. The molecule has 9 fully saturated rings. The number of rotatable bonds is 4. The lowest BCUT2D eigenvalue weighted by atomic mass is 9.41. The minimum absolute atomic E-state index is 0.193. The molecule has 11 unspecified atom stereocenters. The first-order chi connectivity index (χ1) is 17.3. The second-order valence-electron chi connectivity index (χ2n) is 15.8. The van der Waals surface area contributed by atoms with E-state index in [0.717, 1.165) is 44.4 Å². The fraction of sp³-hybridized carbons (Fsp3) is 1.00. The average molecular weight is 569 g/mol. The molecule has 9 rings (SSSR count). The SMILES string of the molecule is CC1CC[C@H](C2(CP)C3(C)CC4(C)OC(C)(CC2(C)O4)O3)[C@@H]1C1(CP)C2(C)CC3(C)OC(C)(CC1(C)O3)O2. The van der Waals surface area contributed by atoms with E-state index in [1.54, 1.807) is 0 Å². The highest BCUT2D eigenvalue weighted by Crippen LogP contribution is 2.78. The van der Waals surface area contributed by atoms with Crippen molar-refractivity contribution in [3.63, 3.8) is 0 Å². The van der Waals surface area contributed by atoms with Crippen molar-refractivity contribution < 1.29 is 28.4 Å². The molecule has 8 heteroatoms. The molecular formula is C30H50O6P2. The van der Waals surface area contributed by atoms with Gasteiger partial charge in [0.05, 0.1) is 22.4 Å². The van der Waals surface area contributed by atoms with Crippen molar-refractivity contribution >= 4 is 18.5 Å². The third-order valence-corrected chi connectivity index (χ3v) is 14.2. The smallest absolute Gasteiger partial charge is 0.172 e. The van der Waals surface area contributed by atoms with Gasteiger partial charge in [-0.3, -0.25) is 0 Å². The van der Waals surface area contributed by atoms with E-state index < -0.39 is 23.1 Å². The van der Waals surface area contributed by atoms with Gasteiger partial charge < -0.3 is 28.4 Å². The molecule has 8 bridgehead atoms. The molecule has 0 N–H and O–H groups in total. The van der Waals surface area contributed by atoms with Crippen LogP contribution in [0.15, 0.2) is 0 Å². The van der Waals surface area contributed by atoms with E-state index in [1.165, 1.54) is 6.42 Å². The first-order valence-corrected chi connectivity index (χ1v) is 16.6. The van der Waals surface area contributed by atoms with Crippen LogP contribution in [-0.2, 0) is 28.4 Å². The van der Waals surface area contributed by atoms with Crippen LogP contribution in [0.25, 0.3) is 0 Å². The van der Waals surface area contributed by atoms with E-state index in [9.17, 15) is 0 Å².